The Bertz CT molecular complexity index is 1370. The molecule has 0 spiro atoms. The number of aromatic hydroxyl groups is 1. The number of halogens is 1. The molecule has 2 saturated heterocycles. The Morgan fingerprint density at radius 2 is 1.88 bits per heavy atom. The second kappa shape index (κ2) is 13.6. The van der Waals surface area contributed by atoms with E-state index >= 15 is 0 Å². The number of ether oxygens (including phenoxy) is 3. The minimum Gasteiger partial charge on any atom is -0.504 e. The Morgan fingerprint density at radius 3 is 2.60 bits per heavy atom. The summed E-state index contributed by atoms with van der Waals surface area (Å²) in [6.07, 6.45) is 6.94. The summed E-state index contributed by atoms with van der Waals surface area (Å²) in [4.78, 5) is 28.3. The van der Waals surface area contributed by atoms with Crippen LogP contribution in [0.1, 0.15) is 57.9 Å². The van der Waals surface area contributed by atoms with Crippen molar-refractivity contribution >= 4 is 40.5 Å². The van der Waals surface area contributed by atoms with Crippen LogP contribution in [0.5, 0.6) is 17.2 Å². The molecule has 2 aromatic carbocycles. The Hall–Kier alpha value is -2.85. The van der Waals surface area contributed by atoms with E-state index in [4.69, 9.17) is 14.2 Å². The van der Waals surface area contributed by atoms with Gasteiger partial charge in [-0.25, -0.2) is 0 Å². The molecule has 2 heterocycles. The van der Waals surface area contributed by atoms with Crippen LogP contribution in [0, 0.1) is 21.3 Å². The lowest BCUT2D eigenvalue weighted by atomic mass is 9.69. The maximum atomic E-state index is 13.5. The number of imide groups is 1. The van der Waals surface area contributed by atoms with Gasteiger partial charge in [-0.2, -0.15) is 0 Å². The number of hydrogen-bond donors (Lipinski definition) is 1. The fourth-order valence-corrected chi connectivity index (χ4v) is 7.40. The quantitative estimate of drug-likeness (QED) is 0.151. The van der Waals surface area contributed by atoms with Crippen molar-refractivity contribution in [1.82, 2.24) is 4.90 Å². The second-order valence-electron chi connectivity index (χ2n) is 11.4. The van der Waals surface area contributed by atoms with E-state index in [0.29, 0.717) is 31.9 Å². The lowest BCUT2D eigenvalue weighted by Gasteiger charge is -2.32. The predicted octanol–water partition coefficient (Wildman–Crippen LogP) is 6.77. The molecule has 8 heteroatoms. The first-order valence-corrected chi connectivity index (χ1v) is 16.1. The van der Waals surface area contributed by atoms with Crippen molar-refractivity contribution in [2.75, 3.05) is 26.9 Å². The maximum Gasteiger partial charge on any atom is 0.233 e. The molecule has 7 nitrogen and oxygen atoms in total. The third kappa shape index (κ3) is 6.25. The number of allylic oxidation sites excluding steroid dienone is 1. The highest BCUT2D eigenvalue weighted by atomic mass is 127. The number of carbonyl (C=O) groups excluding carboxylic acids is 2. The van der Waals surface area contributed by atoms with Crippen molar-refractivity contribution in [3.63, 3.8) is 0 Å². The SMILES string of the molecule is CCC/C(=C\c1cc(I)c(O)c(OC)c1)CC[C@H]1OC[C@H]2C1=C(COc1ccccc1)C[C@H]1C(=O)N(CCC)C(=O)[C@H]12. The molecule has 1 N–H and O–H groups in total. The number of carbonyl (C=O) groups is 2. The Morgan fingerprint density at radius 1 is 1.10 bits per heavy atom. The highest BCUT2D eigenvalue weighted by molar-refractivity contribution is 14.1. The highest BCUT2D eigenvalue weighted by Crippen LogP contribution is 2.50. The van der Waals surface area contributed by atoms with Gasteiger partial charge < -0.3 is 19.3 Å². The van der Waals surface area contributed by atoms with Crippen molar-refractivity contribution in [2.45, 2.75) is 58.5 Å². The van der Waals surface area contributed by atoms with Crippen LogP contribution in [0.25, 0.3) is 6.08 Å². The summed E-state index contributed by atoms with van der Waals surface area (Å²) in [7, 11) is 1.56. The average molecular weight is 686 g/mol. The second-order valence-corrected chi connectivity index (χ2v) is 12.6. The van der Waals surface area contributed by atoms with Crippen LogP contribution in [-0.2, 0) is 14.3 Å². The summed E-state index contributed by atoms with van der Waals surface area (Å²) in [5, 5.41) is 10.3. The predicted molar refractivity (Wildman–Crippen MR) is 170 cm³/mol. The van der Waals surface area contributed by atoms with E-state index in [9.17, 15) is 14.7 Å². The minimum absolute atomic E-state index is 0.0379. The fraction of sp³-hybridized carbons (Fsp3) is 0.471. The fourth-order valence-electron chi connectivity index (χ4n) is 6.78. The number of likely N-dealkylation sites (tertiary alicyclic amines) is 1. The van der Waals surface area contributed by atoms with E-state index in [2.05, 4.69) is 35.6 Å². The number of methoxy groups -OCH3 is 1. The van der Waals surface area contributed by atoms with Crippen molar-refractivity contribution in [1.29, 1.82) is 0 Å². The van der Waals surface area contributed by atoms with Gasteiger partial charge in [0.25, 0.3) is 0 Å². The van der Waals surface area contributed by atoms with E-state index in [1.165, 1.54) is 16.0 Å². The normalized spacial score (nSPS) is 23.8. The molecule has 42 heavy (non-hydrogen) atoms. The van der Waals surface area contributed by atoms with Gasteiger partial charge in [0.1, 0.15) is 12.4 Å². The number of rotatable bonds is 12. The molecule has 0 unspecified atom stereocenters. The Labute approximate surface area is 262 Å². The third-order valence-electron chi connectivity index (χ3n) is 8.64. The molecule has 1 aliphatic carbocycles. The number of fused-ring (bicyclic) bond motifs is 3. The first-order chi connectivity index (χ1) is 20.4. The molecule has 2 amide bonds. The van der Waals surface area contributed by atoms with Gasteiger partial charge in [-0.15, -0.1) is 0 Å². The first-order valence-electron chi connectivity index (χ1n) is 15.0. The zero-order valence-corrected chi connectivity index (χ0v) is 26.8. The highest BCUT2D eigenvalue weighted by Gasteiger charge is 2.56. The third-order valence-corrected chi connectivity index (χ3v) is 9.47. The largest absolute Gasteiger partial charge is 0.504 e. The zero-order valence-electron chi connectivity index (χ0n) is 24.6. The lowest BCUT2D eigenvalue weighted by molar-refractivity contribution is -0.140. The molecule has 2 fully saturated rings. The Balaban J connectivity index is 1.41. The maximum absolute atomic E-state index is 13.5. The lowest BCUT2D eigenvalue weighted by Crippen LogP contribution is -2.35. The minimum atomic E-state index is -0.346. The number of para-hydroxylation sites is 1. The summed E-state index contributed by atoms with van der Waals surface area (Å²) in [6.45, 7) is 5.48. The molecular formula is C34H40INO6. The monoisotopic (exact) mass is 685 g/mol. The van der Waals surface area contributed by atoms with Crippen LogP contribution < -0.4 is 9.47 Å². The van der Waals surface area contributed by atoms with E-state index in [1.807, 2.05) is 49.4 Å². The van der Waals surface area contributed by atoms with Gasteiger partial charge in [0.2, 0.25) is 11.8 Å². The van der Waals surface area contributed by atoms with E-state index in [-0.39, 0.29) is 41.4 Å². The molecule has 2 aliphatic heterocycles. The van der Waals surface area contributed by atoms with Crippen LogP contribution in [0.15, 0.2) is 59.2 Å². The van der Waals surface area contributed by atoms with Gasteiger partial charge >= 0.3 is 0 Å². The van der Waals surface area contributed by atoms with Gasteiger partial charge in [-0.1, -0.05) is 50.1 Å². The summed E-state index contributed by atoms with van der Waals surface area (Å²) in [5.74, 6) is 0.546. The van der Waals surface area contributed by atoms with E-state index in [1.54, 1.807) is 7.11 Å². The first kappa shape index (κ1) is 30.6. The molecule has 224 valence electrons. The number of amides is 2. The number of nitrogens with zero attached hydrogens (tertiary/aromatic N) is 1. The molecule has 0 saturated carbocycles. The van der Waals surface area contributed by atoms with Crippen molar-refractivity contribution in [3.05, 3.63) is 68.3 Å². The molecule has 5 rings (SSSR count). The van der Waals surface area contributed by atoms with E-state index in [0.717, 1.165) is 52.6 Å². The number of phenols is 1. The van der Waals surface area contributed by atoms with Crippen LogP contribution in [0.3, 0.4) is 0 Å². The average Bonchev–Trinajstić information content (AvgIpc) is 3.52. The van der Waals surface area contributed by atoms with Gasteiger partial charge in [-0.05, 0) is 95.7 Å². The van der Waals surface area contributed by atoms with Crippen LogP contribution in [0.2, 0.25) is 0 Å². The molecule has 0 aromatic heterocycles. The van der Waals surface area contributed by atoms with Crippen LogP contribution >= 0.6 is 22.6 Å². The van der Waals surface area contributed by atoms with Crippen molar-refractivity contribution in [2.24, 2.45) is 17.8 Å². The summed E-state index contributed by atoms with van der Waals surface area (Å²) in [5.41, 5.74) is 4.56. The van der Waals surface area contributed by atoms with E-state index < -0.39 is 0 Å². The van der Waals surface area contributed by atoms with Gasteiger partial charge in [0, 0.05) is 12.5 Å². The van der Waals surface area contributed by atoms with Gasteiger partial charge in [-0.3, -0.25) is 14.5 Å². The molecule has 0 bridgehead atoms. The summed E-state index contributed by atoms with van der Waals surface area (Å²) >= 11 is 2.12. The topological polar surface area (TPSA) is 85.3 Å². The standard InChI is InChI=1S/C34H40INO6/c1-4-9-21(15-22-16-27(35)32(37)29(17-22)40-3)12-13-28-30-23(19-41-24-10-7-6-8-11-24)18-25-31(26(30)20-42-28)34(39)36(14-5-2)33(25)38/h6-8,10-11,15-17,25-26,28,31,37H,4-5,9,12-14,18-20H2,1-3H3/b21-15+/t25-,26+,28-,31-/m1/s1. The summed E-state index contributed by atoms with van der Waals surface area (Å²) < 4.78 is 18.8. The zero-order chi connectivity index (χ0) is 29.8. The smallest absolute Gasteiger partial charge is 0.233 e. The Kier molecular flexibility index (Phi) is 9.93. The number of hydrogen-bond acceptors (Lipinski definition) is 6. The van der Waals surface area contributed by atoms with Gasteiger partial charge in [0.05, 0.1) is 35.2 Å². The molecule has 4 atom stereocenters. The summed E-state index contributed by atoms with van der Waals surface area (Å²) in [6, 6.07) is 13.5. The molecular weight excluding hydrogens is 645 g/mol. The molecule has 2 aromatic rings. The number of benzene rings is 2. The van der Waals surface area contributed by atoms with Gasteiger partial charge in [0.15, 0.2) is 11.5 Å². The van der Waals surface area contributed by atoms with Crippen molar-refractivity contribution < 1.29 is 28.9 Å². The van der Waals surface area contributed by atoms with Crippen molar-refractivity contribution in [3.8, 4) is 17.2 Å². The molecule has 0 radical (unpaired) electrons. The molecule has 3 aliphatic rings. The van der Waals surface area contributed by atoms with Crippen LogP contribution in [-0.4, -0.2) is 54.8 Å². The van der Waals surface area contributed by atoms with Crippen LogP contribution in [0.4, 0.5) is 0 Å². The number of phenolic OH excluding ortho intramolecular Hbond substituents is 1.